The number of rotatable bonds is 2. The third kappa shape index (κ3) is 1.96. The molecule has 0 saturated carbocycles. The van der Waals surface area contributed by atoms with Crippen LogP contribution in [0.25, 0.3) is 5.78 Å². The van der Waals surface area contributed by atoms with E-state index in [9.17, 15) is 4.79 Å². The van der Waals surface area contributed by atoms with Crippen molar-refractivity contribution in [2.24, 2.45) is 0 Å². The molecule has 2 rings (SSSR count). The van der Waals surface area contributed by atoms with Crippen molar-refractivity contribution in [2.75, 3.05) is 0 Å². The summed E-state index contributed by atoms with van der Waals surface area (Å²) in [6.45, 7) is 3.61. The van der Waals surface area contributed by atoms with Gasteiger partial charge in [-0.15, -0.1) is 0 Å². The Kier molecular flexibility index (Phi) is 2.37. The average Bonchev–Trinajstić information content (AvgIpc) is 2.62. The lowest BCUT2D eigenvalue weighted by Gasteiger charge is -2.07. The maximum atomic E-state index is 11.5. The molecule has 0 saturated heterocycles. The van der Waals surface area contributed by atoms with Gasteiger partial charge < -0.3 is 4.74 Å². The molecule has 0 aliphatic rings. The Balaban J connectivity index is 2.31. The topological polar surface area (TPSA) is 56.5 Å². The van der Waals surface area contributed by atoms with E-state index in [1.54, 1.807) is 36.8 Å². The lowest BCUT2D eigenvalue weighted by Crippen LogP contribution is -2.12. The first kappa shape index (κ1) is 9.64. The van der Waals surface area contributed by atoms with Gasteiger partial charge in [0.05, 0.1) is 11.7 Å². The minimum Gasteiger partial charge on any atom is -0.459 e. The summed E-state index contributed by atoms with van der Waals surface area (Å²) >= 11 is 0. The fraction of sp³-hybridized carbons (Fsp3) is 0.300. The number of fused-ring (bicyclic) bond motifs is 1. The van der Waals surface area contributed by atoms with Gasteiger partial charge in [-0.25, -0.2) is 14.8 Å². The normalized spacial score (nSPS) is 10.9. The summed E-state index contributed by atoms with van der Waals surface area (Å²) < 4.78 is 6.73. The summed E-state index contributed by atoms with van der Waals surface area (Å²) in [5.41, 5.74) is 0.425. The Morgan fingerprint density at radius 3 is 3.00 bits per heavy atom. The van der Waals surface area contributed by atoms with Crippen molar-refractivity contribution < 1.29 is 9.53 Å². The van der Waals surface area contributed by atoms with Gasteiger partial charge in [-0.2, -0.15) is 0 Å². The number of esters is 1. The quantitative estimate of drug-likeness (QED) is 0.693. The Hall–Kier alpha value is -1.91. The molecular formula is C10H11N3O2. The zero-order valence-electron chi connectivity index (χ0n) is 8.54. The number of hydrogen-bond acceptors (Lipinski definition) is 4. The van der Waals surface area contributed by atoms with E-state index in [4.69, 9.17) is 4.74 Å². The molecule has 0 aliphatic heterocycles. The van der Waals surface area contributed by atoms with Crippen LogP contribution in [-0.4, -0.2) is 26.4 Å². The number of aromatic nitrogens is 3. The number of carbonyl (C=O) groups excluding carboxylic acids is 1. The molecule has 0 radical (unpaired) electrons. The maximum Gasteiger partial charge on any atom is 0.341 e. The number of imidazole rings is 1. The number of hydrogen-bond donors (Lipinski definition) is 0. The Labute approximate surface area is 86.7 Å². The van der Waals surface area contributed by atoms with Gasteiger partial charge in [0.15, 0.2) is 0 Å². The second kappa shape index (κ2) is 3.68. The minimum absolute atomic E-state index is 0.129. The SMILES string of the molecule is CC(C)OC(=O)c1cnc2nccn2c1. The zero-order chi connectivity index (χ0) is 10.8. The van der Waals surface area contributed by atoms with E-state index in [1.807, 2.05) is 0 Å². The van der Waals surface area contributed by atoms with Crippen LogP contribution in [0, 0.1) is 0 Å². The Bertz CT molecular complexity index is 490. The molecule has 2 aromatic rings. The van der Waals surface area contributed by atoms with Crippen molar-refractivity contribution in [3.8, 4) is 0 Å². The molecule has 5 heteroatoms. The van der Waals surface area contributed by atoms with E-state index in [2.05, 4.69) is 9.97 Å². The highest BCUT2D eigenvalue weighted by Crippen LogP contribution is 2.04. The molecule has 2 aromatic heterocycles. The molecule has 5 nitrogen and oxygen atoms in total. The highest BCUT2D eigenvalue weighted by Gasteiger charge is 2.10. The second-order valence-corrected chi connectivity index (χ2v) is 3.43. The van der Waals surface area contributed by atoms with Crippen molar-refractivity contribution >= 4 is 11.7 Å². The molecule has 0 atom stereocenters. The van der Waals surface area contributed by atoms with Crippen molar-refractivity contribution in [1.29, 1.82) is 0 Å². The first-order valence-corrected chi connectivity index (χ1v) is 4.66. The van der Waals surface area contributed by atoms with E-state index in [1.165, 1.54) is 6.20 Å². The summed E-state index contributed by atoms with van der Waals surface area (Å²) in [5.74, 6) is 0.198. The lowest BCUT2D eigenvalue weighted by molar-refractivity contribution is 0.0377. The van der Waals surface area contributed by atoms with Crippen molar-refractivity contribution in [3.05, 3.63) is 30.4 Å². The summed E-state index contributed by atoms with van der Waals surface area (Å²) in [6, 6.07) is 0. The smallest absolute Gasteiger partial charge is 0.341 e. The monoisotopic (exact) mass is 205 g/mol. The van der Waals surface area contributed by atoms with Crippen molar-refractivity contribution in [2.45, 2.75) is 20.0 Å². The number of nitrogens with zero attached hydrogens (tertiary/aromatic N) is 3. The molecule has 2 heterocycles. The maximum absolute atomic E-state index is 11.5. The van der Waals surface area contributed by atoms with Crippen LogP contribution >= 0.6 is 0 Å². The van der Waals surface area contributed by atoms with E-state index in [-0.39, 0.29) is 12.1 Å². The highest BCUT2D eigenvalue weighted by molar-refractivity contribution is 5.88. The van der Waals surface area contributed by atoms with Crippen LogP contribution in [0.15, 0.2) is 24.8 Å². The summed E-state index contributed by atoms with van der Waals surface area (Å²) in [7, 11) is 0. The fourth-order valence-electron chi connectivity index (χ4n) is 1.20. The molecule has 0 spiro atoms. The predicted molar refractivity (Wildman–Crippen MR) is 53.5 cm³/mol. The van der Waals surface area contributed by atoms with Crippen LogP contribution in [0.5, 0.6) is 0 Å². The Morgan fingerprint density at radius 1 is 1.47 bits per heavy atom. The first-order valence-electron chi connectivity index (χ1n) is 4.66. The molecule has 78 valence electrons. The van der Waals surface area contributed by atoms with Gasteiger partial charge in [-0.05, 0) is 13.8 Å². The van der Waals surface area contributed by atoms with Gasteiger partial charge in [-0.1, -0.05) is 0 Å². The van der Waals surface area contributed by atoms with E-state index in [0.717, 1.165) is 0 Å². The summed E-state index contributed by atoms with van der Waals surface area (Å²) in [6.07, 6.45) is 6.34. The molecule has 15 heavy (non-hydrogen) atoms. The molecule has 0 aliphatic carbocycles. The van der Waals surface area contributed by atoms with Gasteiger partial charge in [0.1, 0.15) is 0 Å². The van der Waals surface area contributed by atoms with Crippen LogP contribution in [0.1, 0.15) is 24.2 Å². The molecule has 0 bridgehead atoms. The van der Waals surface area contributed by atoms with Gasteiger partial charge in [0.2, 0.25) is 5.78 Å². The lowest BCUT2D eigenvalue weighted by atomic mass is 10.3. The van der Waals surface area contributed by atoms with Crippen LogP contribution in [0.3, 0.4) is 0 Å². The molecule has 0 N–H and O–H groups in total. The molecule has 0 fully saturated rings. The number of carbonyl (C=O) groups is 1. The van der Waals surface area contributed by atoms with Crippen LogP contribution in [-0.2, 0) is 4.74 Å². The number of ether oxygens (including phenoxy) is 1. The van der Waals surface area contributed by atoms with Crippen LogP contribution in [0.2, 0.25) is 0 Å². The minimum atomic E-state index is -0.367. The van der Waals surface area contributed by atoms with E-state index in [0.29, 0.717) is 11.3 Å². The first-order chi connectivity index (χ1) is 7.16. The van der Waals surface area contributed by atoms with Gasteiger partial charge in [0.25, 0.3) is 0 Å². The van der Waals surface area contributed by atoms with E-state index >= 15 is 0 Å². The van der Waals surface area contributed by atoms with E-state index < -0.39 is 0 Å². The largest absolute Gasteiger partial charge is 0.459 e. The van der Waals surface area contributed by atoms with Gasteiger partial charge >= 0.3 is 5.97 Å². The van der Waals surface area contributed by atoms with Gasteiger partial charge in [0, 0.05) is 24.8 Å². The van der Waals surface area contributed by atoms with Gasteiger partial charge in [-0.3, -0.25) is 4.40 Å². The standard InChI is InChI=1S/C10H11N3O2/c1-7(2)15-9(14)8-5-12-10-11-3-4-13(10)6-8/h3-7H,1-2H3. The summed E-state index contributed by atoms with van der Waals surface area (Å²) in [4.78, 5) is 19.5. The summed E-state index contributed by atoms with van der Waals surface area (Å²) in [5, 5.41) is 0. The Morgan fingerprint density at radius 2 is 2.27 bits per heavy atom. The highest BCUT2D eigenvalue weighted by atomic mass is 16.5. The van der Waals surface area contributed by atoms with Crippen molar-refractivity contribution in [1.82, 2.24) is 14.4 Å². The molecule has 0 unspecified atom stereocenters. The zero-order valence-corrected chi connectivity index (χ0v) is 8.54. The second-order valence-electron chi connectivity index (χ2n) is 3.43. The molecular weight excluding hydrogens is 194 g/mol. The molecule has 0 amide bonds. The van der Waals surface area contributed by atoms with Crippen LogP contribution < -0.4 is 0 Å². The third-order valence-electron chi connectivity index (χ3n) is 1.82. The molecule has 0 aromatic carbocycles. The van der Waals surface area contributed by atoms with Crippen LogP contribution in [0.4, 0.5) is 0 Å². The third-order valence-corrected chi connectivity index (χ3v) is 1.82. The predicted octanol–water partition coefficient (Wildman–Crippen LogP) is 1.29. The fourth-order valence-corrected chi connectivity index (χ4v) is 1.20. The average molecular weight is 205 g/mol. The van der Waals surface area contributed by atoms with Crippen molar-refractivity contribution in [3.63, 3.8) is 0 Å².